The first kappa shape index (κ1) is 11.5. The van der Waals surface area contributed by atoms with E-state index >= 15 is 0 Å². The van der Waals surface area contributed by atoms with Crippen LogP contribution < -0.4 is 10.6 Å². The first-order chi connectivity index (χ1) is 5.16. The summed E-state index contributed by atoms with van der Waals surface area (Å²) < 4.78 is 1.32. The lowest BCUT2D eigenvalue weighted by atomic mass is 10.6. The van der Waals surface area contributed by atoms with E-state index in [0.717, 1.165) is 17.4 Å². The van der Waals surface area contributed by atoms with Crippen molar-refractivity contribution in [3.05, 3.63) is 0 Å². The predicted molar refractivity (Wildman–Crippen MR) is 63.7 cm³/mol. The molecule has 0 aromatic rings. The second-order valence-electron chi connectivity index (χ2n) is 1.65. The van der Waals surface area contributed by atoms with Gasteiger partial charge in [0, 0.05) is 13.1 Å². The van der Waals surface area contributed by atoms with E-state index in [2.05, 4.69) is 23.3 Å². The first-order valence-electron chi connectivity index (χ1n) is 2.95. The normalized spacial score (nSPS) is 8.91. The minimum Gasteiger partial charge on any atom is -0.369 e. The smallest absolute Gasteiger partial charge is 0.133 e. The van der Waals surface area contributed by atoms with Crippen LogP contribution >= 0.6 is 48.8 Å². The summed E-state index contributed by atoms with van der Waals surface area (Å²) in [7, 11) is 0. The van der Waals surface area contributed by atoms with E-state index in [0.29, 0.717) is 4.32 Å². The largest absolute Gasteiger partial charge is 0.369 e. The van der Waals surface area contributed by atoms with Crippen LogP contribution in [0.3, 0.4) is 0 Å². The van der Waals surface area contributed by atoms with Crippen LogP contribution in [-0.2, 0) is 0 Å². The molecule has 0 rings (SSSR count). The van der Waals surface area contributed by atoms with Crippen molar-refractivity contribution in [2.45, 2.75) is 0 Å². The van der Waals surface area contributed by atoms with Gasteiger partial charge in [0.15, 0.2) is 0 Å². The number of thiocarbonyl (C=S) groups is 2. The average molecular weight is 226 g/mol. The SMILES string of the molecule is CSC(=S)NCCNC(=S)S. The molecule has 0 unspecified atom stereocenters. The molecular weight excluding hydrogens is 216 g/mol. The molecule has 0 aliphatic carbocycles. The lowest BCUT2D eigenvalue weighted by Gasteiger charge is -2.05. The molecule has 0 spiro atoms. The van der Waals surface area contributed by atoms with Crippen LogP contribution in [0.1, 0.15) is 0 Å². The van der Waals surface area contributed by atoms with Crippen LogP contribution in [0.25, 0.3) is 0 Å². The summed E-state index contributed by atoms with van der Waals surface area (Å²) >= 11 is 15.0. The van der Waals surface area contributed by atoms with Gasteiger partial charge in [-0.05, 0) is 6.26 Å². The molecule has 0 radical (unpaired) electrons. The second-order valence-corrected chi connectivity index (χ2v) is 4.29. The summed E-state index contributed by atoms with van der Waals surface area (Å²) in [6.07, 6.45) is 1.94. The quantitative estimate of drug-likeness (QED) is 0.379. The monoisotopic (exact) mass is 226 g/mol. The van der Waals surface area contributed by atoms with Crippen LogP contribution in [0, 0.1) is 0 Å². The van der Waals surface area contributed by atoms with Gasteiger partial charge in [-0.2, -0.15) is 0 Å². The van der Waals surface area contributed by atoms with E-state index in [1.807, 2.05) is 6.26 Å². The highest BCUT2D eigenvalue weighted by Gasteiger charge is 1.90. The fourth-order valence-corrected chi connectivity index (χ4v) is 0.968. The summed E-state index contributed by atoms with van der Waals surface area (Å²) in [6, 6.07) is 0. The third-order valence-corrected chi connectivity index (χ3v) is 2.32. The van der Waals surface area contributed by atoms with Gasteiger partial charge in [0.1, 0.15) is 8.64 Å². The molecular formula is C5H10N2S4. The highest BCUT2D eigenvalue weighted by Crippen LogP contribution is 1.91. The Morgan fingerprint density at radius 1 is 1.36 bits per heavy atom. The predicted octanol–water partition coefficient (Wildman–Crippen LogP) is 1.03. The Labute approximate surface area is 87.3 Å². The van der Waals surface area contributed by atoms with Gasteiger partial charge >= 0.3 is 0 Å². The fourth-order valence-electron chi connectivity index (χ4n) is 0.406. The van der Waals surface area contributed by atoms with Gasteiger partial charge in [0.2, 0.25) is 0 Å². The Morgan fingerprint density at radius 3 is 2.36 bits per heavy atom. The van der Waals surface area contributed by atoms with E-state index in [9.17, 15) is 0 Å². The Kier molecular flexibility index (Phi) is 7.46. The van der Waals surface area contributed by atoms with Gasteiger partial charge in [-0.1, -0.05) is 24.4 Å². The molecule has 2 nitrogen and oxygen atoms in total. The van der Waals surface area contributed by atoms with Crippen molar-refractivity contribution in [1.29, 1.82) is 0 Å². The van der Waals surface area contributed by atoms with Crippen LogP contribution in [-0.4, -0.2) is 28.0 Å². The Morgan fingerprint density at radius 2 is 1.91 bits per heavy atom. The third kappa shape index (κ3) is 8.39. The molecule has 0 aromatic carbocycles. The third-order valence-electron chi connectivity index (χ3n) is 0.856. The standard InChI is InChI=1S/C5H10N2S4/c1-11-5(10)7-3-2-6-4(8)9/h2-3H2,1H3,(H,7,10)(H2,6,8,9). The summed E-state index contributed by atoms with van der Waals surface area (Å²) in [5, 5.41) is 5.92. The molecule has 0 aliphatic heterocycles. The topological polar surface area (TPSA) is 24.1 Å². The van der Waals surface area contributed by atoms with Crippen molar-refractivity contribution >= 4 is 57.5 Å². The molecule has 2 N–H and O–H groups in total. The van der Waals surface area contributed by atoms with Gasteiger partial charge < -0.3 is 10.6 Å². The maximum Gasteiger partial charge on any atom is 0.133 e. The molecule has 0 fully saturated rings. The van der Waals surface area contributed by atoms with Crippen molar-refractivity contribution in [2.24, 2.45) is 0 Å². The molecule has 0 heterocycles. The van der Waals surface area contributed by atoms with Gasteiger partial charge in [-0.25, -0.2) is 0 Å². The lowest BCUT2D eigenvalue weighted by molar-refractivity contribution is 0.834. The van der Waals surface area contributed by atoms with E-state index in [-0.39, 0.29) is 0 Å². The van der Waals surface area contributed by atoms with E-state index in [4.69, 9.17) is 24.4 Å². The number of thioether (sulfide) groups is 1. The zero-order chi connectivity index (χ0) is 8.69. The van der Waals surface area contributed by atoms with Gasteiger partial charge in [0.25, 0.3) is 0 Å². The number of hydrogen-bond acceptors (Lipinski definition) is 3. The fraction of sp³-hybridized carbons (Fsp3) is 0.600. The van der Waals surface area contributed by atoms with Crippen molar-refractivity contribution in [3.8, 4) is 0 Å². The molecule has 0 bridgehead atoms. The second kappa shape index (κ2) is 7.15. The van der Waals surface area contributed by atoms with Gasteiger partial charge in [-0.3, -0.25) is 0 Å². The van der Waals surface area contributed by atoms with Crippen LogP contribution in [0.2, 0.25) is 0 Å². The van der Waals surface area contributed by atoms with Crippen molar-refractivity contribution in [2.75, 3.05) is 19.3 Å². The van der Waals surface area contributed by atoms with Crippen LogP contribution in [0.4, 0.5) is 0 Å². The van der Waals surface area contributed by atoms with Crippen molar-refractivity contribution in [3.63, 3.8) is 0 Å². The number of rotatable bonds is 3. The number of hydrogen-bond donors (Lipinski definition) is 3. The van der Waals surface area contributed by atoms with Crippen molar-refractivity contribution in [1.82, 2.24) is 10.6 Å². The summed E-state index contributed by atoms with van der Waals surface area (Å²) in [5.74, 6) is 0. The molecule has 6 heteroatoms. The minimum absolute atomic E-state index is 0.516. The van der Waals surface area contributed by atoms with Crippen LogP contribution in [0.5, 0.6) is 0 Å². The first-order valence-corrected chi connectivity index (χ1v) is 5.44. The molecule has 0 aliphatic rings. The van der Waals surface area contributed by atoms with E-state index < -0.39 is 0 Å². The Hall–Kier alpha value is 0.480. The molecule has 0 aromatic heterocycles. The summed E-state index contributed by atoms with van der Waals surface area (Å²) in [5.41, 5.74) is 0. The highest BCUT2D eigenvalue weighted by atomic mass is 32.2. The van der Waals surface area contributed by atoms with Gasteiger partial charge in [0.05, 0.1) is 0 Å². The minimum atomic E-state index is 0.516. The molecule has 0 atom stereocenters. The van der Waals surface area contributed by atoms with Gasteiger partial charge in [-0.15, -0.1) is 24.4 Å². The number of thiol groups is 1. The van der Waals surface area contributed by atoms with E-state index in [1.54, 1.807) is 0 Å². The maximum atomic E-state index is 4.91. The highest BCUT2D eigenvalue weighted by molar-refractivity contribution is 8.22. The van der Waals surface area contributed by atoms with Crippen molar-refractivity contribution < 1.29 is 0 Å². The Bertz CT molecular complexity index is 147. The molecule has 11 heavy (non-hydrogen) atoms. The molecule has 64 valence electrons. The van der Waals surface area contributed by atoms with Crippen LogP contribution in [0.15, 0.2) is 0 Å². The average Bonchev–Trinajstić information content (AvgIpc) is 1.97. The summed E-state index contributed by atoms with van der Waals surface area (Å²) in [6.45, 7) is 1.53. The Balaban J connectivity index is 3.14. The molecule has 0 saturated carbocycles. The lowest BCUT2D eigenvalue weighted by Crippen LogP contribution is -2.30. The maximum absolute atomic E-state index is 4.91. The molecule has 0 amide bonds. The molecule has 0 saturated heterocycles. The zero-order valence-corrected chi connectivity index (χ0v) is 9.43. The number of nitrogens with one attached hydrogen (secondary N) is 2. The summed E-state index contributed by atoms with van der Waals surface area (Å²) in [4.78, 5) is 0. The zero-order valence-electron chi connectivity index (χ0n) is 6.09. The van der Waals surface area contributed by atoms with E-state index in [1.165, 1.54) is 11.8 Å².